The monoisotopic (exact) mass is 707 g/mol. The molecule has 11 nitrogen and oxygen atoms in total. The summed E-state index contributed by atoms with van der Waals surface area (Å²) < 4.78 is 19.3. The van der Waals surface area contributed by atoms with Gasteiger partial charge in [0.2, 0.25) is 0 Å². The number of hydrogen-bond acceptors (Lipinski definition) is 10. The SMILES string of the molecule is COC(=O)c1csc2c(-c3cc(Cl)ccc3OCCn3c(C)nc4c(c3=O)CC(N(C)C3CN(C(=O)OC(C)(C)C)C3)CC4)cc(C)nc12. The van der Waals surface area contributed by atoms with Gasteiger partial charge in [-0.25, -0.2) is 14.6 Å². The van der Waals surface area contributed by atoms with Crippen molar-refractivity contribution in [3.63, 3.8) is 0 Å². The maximum absolute atomic E-state index is 13.9. The van der Waals surface area contributed by atoms with Gasteiger partial charge in [-0.05, 0) is 85.2 Å². The maximum atomic E-state index is 13.9. The van der Waals surface area contributed by atoms with Crippen molar-refractivity contribution in [1.82, 2.24) is 24.3 Å². The molecule has 3 aromatic heterocycles. The minimum Gasteiger partial charge on any atom is -0.491 e. The second kappa shape index (κ2) is 13.7. The van der Waals surface area contributed by atoms with Crippen LogP contribution in [0.5, 0.6) is 5.75 Å². The molecule has 1 aliphatic carbocycles. The van der Waals surface area contributed by atoms with Crippen LogP contribution in [-0.4, -0.2) is 87.9 Å². The van der Waals surface area contributed by atoms with E-state index in [1.54, 1.807) is 20.9 Å². The Morgan fingerprint density at radius 3 is 2.57 bits per heavy atom. The van der Waals surface area contributed by atoms with Gasteiger partial charge in [-0.2, -0.15) is 0 Å². The summed E-state index contributed by atoms with van der Waals surface area (Å²) in [5, 5.41) is 2.29. The van der Waals surface area contributed by atoms with Crippen LogP contribution in [0.25, 0.3) is 21.3 Å². The molecule has 1 unspecified atom stereocenters. The number of benzene rings is 1. The molecule has 4 heterocycles. The van der Waals surface area contributed by atoms with Gasteiger partial charge in [0.05, 0.1) is 35.1 Å². The van der Waals surface area contributed by atoms with Crippen LogP contribution in [0.4, 0.5) is 4.79 Å². The Kier molecular flexibility index (Phi) is 9.76. The molecule has 1 saturated heterocycles. The zero-order valence-electron chi connectivity index (χ0n) is 29.0. The zero-order chi connectivity index (χ0) is 35.2. The number of fused-ring (bicyclic) bond motifs is 2. The molecule has 13 heteroatoms. The van der Waals surface area contributed by atoms with Gasteiger partial charge in [0.1, 0.15) is 23.8 Å². The van der Waals surface area contributed by atoms with Crippen molar-refractivity contribution in [1.29, 1.82) is 0 Å². The molecule has 260 valence electrons. The summed E-state index contributed by atoms with van der Waals surface area (Å²) in [6.07, 6.45) is 1.95. The quantitative estimate of drug-likeness (QED) is 0.202. The molecule has 6 rings (SSSR count). The minimum atomic E-state index is -0.527. The lowest BCUT2D eigenvalue weighted by atomic mass is 9.90. The Morgan fingerprint density at radius 1 is 1.10 bits per heavy atom. The molecule has 1 atom stereocenters. The first-order valence-electron chi connectivity index (χ1n) is 16.4. The van der Waals surface area contributed by atoms with Gasteiger partial charge in [-0.15, -0.1) is 11.3 Å². The number of rotatable bonds is 8. The van der Waals surface area contributed by atoms with E-state index in [4.69, 9.17) is 30.8 Å². The molecule has 0 spiro atoms. The topological polar surface area (TPSA) is 116 Å². The Balaban J connectivity index is 1.17. The van der Waals surface area contributed by atoms with Gasteiger partial charge in [0.25, 0.3) is 5.56 Å². The van der Waals surface area contributed by atoms with Crippen LogP contribution in [0.15, 0.2) is 34.4 Å². The summed E-state index contributed by atoms with van der Waals surface area (Å²) in [4.78, 5) is 52.2. The molecule has 1 amide bonds. The van der Waals surface area contributed by atoms with E-state index in [-0.39, 0.29) is 30.3 Å². The molecule has 1 fully saturated rings. The van der Waals surface area contributed by atoms with Crippen LogP contribution in [0.2, 0.25) is 5.02 Å². The van der Waals surface area contributed by atoms with Crippen LogP contribution in [-0.2, 0) is 28.9 Å². The highest BCUT2D eigenvalue weighted by Gasteiger charge is 2.39. The number of ether oxygens (including phenoxy) is 3. The second-order valence-electron chi connectivity index (χ2n) is 13.8. The van der Waals surface area contributed by atoms with Crippen molar-refractivity contribution in [2.24, 2.45) is 0 Å². The molecule has 0 bridgehead atoms. The summed E-state index contributed by atoms with van der Waals surface area (Å²) in [5.41, 5.74) is 4.39. The number of thiophene rings is 1. The van der Waals surface area contributed by atoms with Crippen molar-refractivity contribution in [2.45, 2.75) is 78.1 Å². The summed E-state index contributed by atoms with van der Waals surface area (Å²) in [5.74, 6) is 0.814. The fourth-order valence-corrected chi connectivity index (χ4v) is 7.76. The Bertz CT molecular complexity index is 1980. The number of aryl methyl sites for hydroxylation is 3. The van der Waals surface area contributed by atoms with E-state index in [0.29, 0.717) is 53.7 Å². The summed E-state index contributed by atoms with van der Waals surface area (Å²) in [6, 6.07) is 7.77. The zero-order valence-corrected chi connectivity index (χ0v) is 30.5. The third-order valence-electron chi connectivity index (χ3n) is 9.22. The van der Waals surface area contributed by atoms with Crippen molar-refractivity contribution < 1.29 is 23.8 Å². The lowest BCUT2D eigenvalue weighted by Crippen LogP contribution is -2.63. The first-order chi connectivity index (χ1) is 23.2. The number of halogens is 1. The molecule has 1 aromatic carbocycles. The van der Waals surface area contributed by atoms with Gasteiger partial charge in [-0.3, -0.25) is 19.2 Å². The van der Waals surface area contributed by atoms with Gasteiger partial charge in [0, 0.05) is 58.0 Å². The van der Waals surface area contributed by atoms with Gasteiger partial charge >= 0.3 is 12.1 Å². The molecule has 0 N–H and O–H groups in total. The van der Waals surface area contributed by atoms with E-state index in [1.807, 2.05) is 52.8 Å². The normalized spacial score (nSPS) is 16.4. The van der Waals surface area contributed by atoms with Crippen LogP contribution in [0.3, 0.4) is 0 Å². The number of pyridine rings is 1. The molecular weight excluding hydrogens is 666 g/mol. The predicted octanol–water partition coefficient (Wildman–Crippen LogP) is 6.06. The van der Waals surface area contributed by atoms with Crippen molar-refractivity contribution >= 4 is 45.2 Å². The van der Waals surface area contributed by atoms with Crippen molar-refractivity contribution in [2.75, 3.05) is 33.9 Å². The number of nitrogens with zero attached hydrogens (tertiary/aromatic N) is 5. The molecule has 0 saturated carbocycles. The van der Waals surface area contributed by atoms with Crippen LogP contribution in [0.1, 0.15) is 60.3 Å². The highest BCUT2D eigenvalue weighted by Crippen LogP contribution is 2.40. The van der Waals surface area contributed by atoms with E-state index in [9.17, 15) is 14.4 Å². The third-order valence-corrected chi connectivity index (χ3v) is 10.5. The fraction of sp³-hybridized carbons (Fsp3) is 0.472. The van der Waals surface area contributed by atoms with E-state index < -0.39 is 11.6 Å². The Morgan fingerprint density at radius 2 is 1.86 bits per heavy atom. The molecular formula is C36H42ClN5O6S. The van der Waals surface area contributed by atoms with Crippen LogP contribution >= 0.6 is 22.9 Å². The van der Waals surface area contributed by atoms with Crippen molar-refractivity contribution in [3.8, 4) is 16.9 Å². The smallest absolute Gasteiger partial charge is 0.410 e. The number of likely N-dealkylation sites (tertiary alicyclic amines) is 1. The highest BCUT2D eigenvalue weighted by atomic mass is 35.5. The second-order valence-corrected chi connectivity index (χ2v) is 15.1. The van der Waals surface area contributed by atoms with Gasteiger partial charge in [-0.1, -0.05) is 11.6 Å². The molecule has 2 aliphatic rings. The van der Waals surface area contributed by atoms with Gasteiger partial charge < -0.3 is 19.1 Å². The first kappa shape index (κ1) is 34.8. The number of aromatic nitrogens is 3. The first-order valence-corrected chi connectivity index (χ1v) is 17.7. The molecule has 4 aromatic rings. The summed E-state index contributed by atoms with van der Waals surface area (Å²) >= 11 is 7.87. The number of carbonyl (C=O) groups excluding carboxylic acids is 2. The minimum absolute atomic E-state index is 0.0371. The lowest BCUT2D eigenvalue weighted by molar-refractivity contribution is -0.0193. The number of hydrogen-bond donors (Lipinski definition) is 0. The summed E-state index contributed by atoms with van der Waals surface area (Å²) in [6.45, 7) is 11.1. The average molecular weight is 708 g/mol. The largest absolute Gasteiger partial charge is 0.491 e. The van der Waals surface area contributed by atoms with E-state index in [2.05, 4.69) is 16.9 Å². The lowest BCUT2D eigenvalue weighted by Gasteiger charge is -2.47. The van der Waals surface area contributed by atoms with E-state index in [1.165, 1.54) is 18.4 Å². The number of likely N-dealkylation sites (N-methyl/N-ethyl adjacent to an activating group) is 1. The predicted molar refractivity (Wildman–Crippen MR) is 190 cm³/mol. The van der Waals surface area contributed by atoms with E-state index >= 15 is 0 Å². The van der Waals surface area contributed by atoms with E-state index in [0.717, 1.165) is 45.6 Å². The Hall–Kier alpha value is -4.00. The number of esters is 1. The molecule has 49 heavy (non-hydrogen) atoms. The van der Waals surface area contributed by atoms with Crippen molar-refractivity contribution in [3.05, 3.63) is 73.4 Å². The molecule has 1 aliphatic heterocycles. The number of carbonyl (C=O) groups is 2. The van der Waals surface area contributed by atoms with Crippen LogP contribution < -0.4 is 10.3 Å². The van der Waals surface area contributed by atoms with Gasteiger partial charge in [0.15, 0.2) is 0 Å². The fourth-order valence-electron chi connectivity index (χ4n) is 6.58. The standard InChI is InChI=1S/C36H42ClN5O6S/c1-20-14-26(32-31(38-20)28(19-49-32)34(44)46-7)25-15-22(37)8-11-30(25)47-13-12-42-21(2)39-29-10-9-23(16-27(29)33(42)43)40(6)24-17-41(18-24)35(45)48-36(3,4)5/h8,11,14-15,19,23-24H,9-10,12-13,16-18H2,1-7H3. The Labute approximate surface area is 294 Å². The highest BCUT2D eigenvalue weighted by molar-refractivity contribution is 7.18. The number of methoxy groups -OCH3 is 1. The van der Waals surface area contributed by atoms with Crippen LogP contribution in [0, 0.1) is 13.8 Å². The average Bonchev–Trinajstić information content (AvgIpc) is 3.44. The number of amides is 1. The maximum Gasteiger partial charge on any atom is 0.410 e. The molecule has 0 radical (unpaired) electrons. The third kappa shape index (κ3) is 7.18. The summed E-state index contributed by atoms with van der Waals surface area (Å²) in [7, 11) is 3.43.